The molecule has 1 aromatic rings. The molecule has 0 saturated carbocycles. The fourth-order valence-electron chi connectivity index (χ4n) is 2.38. The predicted octanol–water partition coefficient (Wildman–Crippen LogP) is 1.46. The molecule has 1 heterocycles. The minimum atomic E-state index is -4.47. The fourth-order valence-corrected chi connectivity index (χ4v) is 2.38. The van der Waals surface area contributed by atoms with Crippen molar-refractivity contribution in [2.75, 3.05) is 31.1 Å². The lowest BCUT2D eigenvalue weighted by Gasteiger charge is -2.35. The molecule has 0 aromatic heterocycles. The molecule has 0 radical (unpaired) electrons. The van der Waals surface area contributed by atoms with E-state index in [0.717, 1.165) is 6.42 Å². The monoisotopic (exact) mass is 359 g/mol. The second-order valence-electron chi connectivity index (χ2n) is 5.64. The zero-order valence-electron chi connectivity index (χ0n) is 13.7. The Kier molecular flexibility index (Phi) is 6.11. The van der Waals surface area contributed by atoms with Crippen molar-refractivity contribution in [3.63, 3.8) is 0 Å². The number of para-hydroxylation sites is 2. The molecule has 2 rings (SSSR count). The summed E-state index contributed by atoms with van der Waals surface area (Å²) in [5.41, 5.74) is 0.559. The molecule has 0 spiro atoms. The average Bonchev–Trinajstić information content (AvgIpc) is 2.57. The highest BCUT2D eigenvalue weighted by Crippen LogP contribution is 2.32. The molecule has 1 atom stereocenters. The summed E-state index contributed by atoms with van der Waals surface area (Å²) in [4.78, 5) is 25.5. The molecule has 6 nitrogen and oxygen atoms in total. The van der Waals surface area contributed by atoms with Crippen LogP contribution in [0.5, 0.6) is 5.75 Å². The highest BCUT2D eigenvalue weighted by molar-refractivity contribution is 5.86. The van der Waals surface area contributed by atoms with Crippen molar-refractivity contribution in [2.24, 2.45) is 0 Å². The van der Waals surface area contributed by atoms with Crippen molar-refractivity contribution in [1.82, 2.24) is 10.6 Å². The van der Waals surface area contributed by atoms with Crippen LogP contribution in [0.15, 0.2) is 24.3 Å². The number of amides is 2. The Morgan fingerprint density at radius 1 is 1.28 bits per heavy atom. The van der Waals surface area contributed by atoms with Gasteiger partial charge in [0, 0.05) is 6.54 Å². The van der Waals surface area contributed by atoms with Crippen LogP contribution in [0.25, 0.3) is 0 Å². The Bertz CT molecular complexity index is 622. The van der Waals surface area contributed by atoms with Crippen LogP contribution in [0, 0.1) is 0 Å². The first-order valence-electron chi connectivity index (χ1n) is 7.92. The van der Waals surface area contributed by atoms with Gasteiger partial charge in [0.1, 0.15) is 12.3 Å². The Morgan fingerprint density at radius 3 is 2.68 bits per heavy atom. The maximum atomic E-state index is 12.2. The van der Waals surface area contributed by atoms with Crippen molar-refractivity contribution < 1.29 is 27.5 Å². The third-order valence-electron chi connectivity index (χ3n) is 3.52. The number of benzene rings is 1. The number of alkyl halides is 3. The highest BCUT2D eigenvalue weighted by Gasteiger charge is 2.32. The average molecular weight is 359 g/mol. The second kappa shape index (κ2) is 8.09. The molecule has 1 aromatic carbocycles. The number of ether oxygens (including phenoxy) is 1. The molecule has 2 amide bonds. The van der Waals surface area contributed by atoms with E-state index in [1.54, 1.807) is 29.2 Å². The number of carbonyl (C=O) groups is 2. The molecule has 25 heavy (non-hydrogen) atoms. The number of halogens is 3. The fraction of sp³-hybridized carbons (Fsp3) is 0.500. The first-order chi connectivity index (χ1) is 11.8. The van der Waals surface area contributed by atoms with Crippen LogP contribution in [0.1, 0.15) is 13.3 Å². The zero-order valence-corrected chi connectivity index (χ0v) is 13.7. The summed E-state index contributed by atoms with van der Waals surface area (Å²) in [6.45, 7) is 0.791. The number of nitrogens with one attached hydrogen (secondary N) is 2. The van der Waals surface area contributed by atoms with E-state index in [0.29, 0.717) is 18.0 Å². The molecular formula is C16H20F3N3O3. The topological polar surface area (TPSA) is 70.7 Å². The van der Waals surface area contributed by atoms with E-state index >= 15 is 0 Å². The van der Waals surface area contributed by atoms with E-state index in [1.807, 2.05) is 12.2 Å². The van der Waals surface area contributed by atoms with Crippen molar-refractivity contribution in [3.8, 4) is 5.75 Å². The number of carbonyl (C=O) groups excluding carboxylic acids is 2. The summed E-state index contributed by atoms with van der Waals surface area (Å²) in [6.07, 6.45) is -4.54. The van der Waals surface area contributed by atoms with Gasteiger partial charge in [-0.05, 0) is 18.6 Å². The van der Waals surface area contributed by atoms with Gasteiger partial charge in [-0.1, -0.05) is 19.1 Å². The quantitative estimate of drug-likeness (QED) is 0.807. The summed E-state index contributed by atoms with van der Waals surface area (Å²) in [7, 11) is 0. The van der Waals surface area contributed by atoms with Crippen molar-refractivity contribution >= 4 is 17.5 Å². The molecule has 0 unspecified atom stereocenters. The summed E-state index contributed by atoms with van der Waals surface area (Å²) in [6, 6.07) is 6.77. The van der Waals surface area contributed by atoms with E-state index in [1.165, 1.54) is 0 Å². The molecule has 9 heteroatoms. The molecular weight excluding hydrogens is 339 g/mol. The lowest BCUT2D eigenvalue weighted by Crippen LogP contribution is -2.51. The molecule has 1 aliphatic heterocycles. The number of nitrogens with zero attached hydrogens (tertiary/aromatic N) is 1. The number of rotatable bonds is 6. The number of anilines is 1. The second-order valence-corrected chi connectivity index (χ2v) is 5.64. The van der Waals surface area contributed by atoms with Crippen LogP contribution in [-0.2, 0) is 9.59 Å². The number of hydrogen-bond donors (Lipinski definition) is 2. The van der Waals surface area contributed by atoms with E-state index < -0.39 is 24.7 Å². The molecule has 1 aliphatic rings. The van der Waals surface area contributed by atoms with Gasteiger partial charge in [0.05, 0.1) is 18.8 Å². The molecule has 0 saturated heterocycles. The third-order valence-corrected chi connectivity index (χ3v) is 3.52. The summed E-state index contributed by atoms with van der Waals surface area (Å²) in [5, 5.41) is 4.54. The Hall–Kier alpha value is -2.45. The van der Waals surface area contributed by atoms with Gasteiger partial charge in [-0.15, -0.1) is 0 Å². The lowest BCUT2D eigenvalue weighted by molar-refractivity contribution is -0.137. The minimum Gasteiger partial charge on any atom is -0.477 e. The maximum absolute atomic E-state index is 12.2. The zero-order chi connectivity index (χ0) is 18.4. The van der Waals surface area contributed by atoms with Gasteiger partial charge in [0.25, 0.3) is 5.91 Å². The molecule has 0 bridgehead atoms. The largest absolute Gasteiger partial charge is 0.477 e. The van der Waals surface area contributed by atoms with Gasteiger partial charge >= 0.3 is 6.18 Å². The van der Waals surface area contributed by atoms with Gasteiger partial charge in [-0.2, -0.15) is 13.2 Å². The van der Waals surface area contributed by atoms with Gasteiger partial charge in [0.15, 0.2) is 6.10 Å². The Labute approximate surface area is 143 Å². The predicted molar refractivity (Wildman–Crippen MR) is 85.4 cm³/mol. The van der Waals surface area contributed by atoms with Crippen LogP contribution >= 0.6 is 0 Å². The third kappa shape index (κ3) is 5.54. The van der Waals surface area contributed by atoms with Crippen LogP contribution < -0.4 is 20.3 Å². The van der Waals surface area contributed by atoms with Crippen LogP contribution in [-0.4, -0.2) is 50.3 Å². The Balaban J connectivity index is 2.07. The summed E-state index contributed by atoms with van der Waals surface area (Å²) < 4.78 is 42.3. The van der Waals surface area contributed by atoms with Crippen LogP contribution in [0.4, 0.5) is 18.9 Å². The van der Waals surface area contributed by atoms with Gasteiger partial charge < -0.3 is 20.3 Å². The first-order valence-corrected chi connectivity index (χ1v) is 7.92. The van der Waals surface area contributed by atoms with E-state index in [4.69, 9.17) is 4.74 Å². The highest BCUT2D eigenvalue weighted by atomic mass is 19.4. The van der Waals surface area contributed by atoms with Gasteiger partial charge in [0.2, 0.25) is 5.91 Å². The lowest BCUT2D eigenvalue weighted by atomic mass is 10.1. The molecule has 2 N–H and O–H groups in total. The SMILES string of the molecule is CCCNC(=O)[C@@H]1CN(CC(=O)NCC(F)(F)F)c2ccccc2O1. The van der Waals surface area contributed by atoms with Gasteiger partial charge in [-0.3, -0.25) is 9.59 Å². The normalized spacial score (nSPS) is 16.6. The standard InChI is InChI=1S/C16H20F3N3O3/c1-2-7-20-15(24)13-8-22(9-14(23)21-10-16(17,18)19)11-5-3-4-6-12(11)25-13/h3-6,13H,2,7-10H2,1H3,(H,20,24)(H,21,23)/t13-/m0/s1. The summed E-state index contributed by atoms with van der Waals surface area (Å²) >= 11 is 0. The van der Waals surface area contributed by atoms with E-state index in [9.17, 15) is 22.8 Å². The Morgan fingerprint density at radius 2 is 2.00 bits per heavy atom. The van der Waals surface area contributed by atoms with Crippen molar-refractivity contribution in [2.45, 2.75) is 25.6 Å². The van der Waals surface area contributed by atoms with E-state index in [-0.39, 0.29) is 19.0 Å². The van der Waals surface area contributed by atoms with Crippen LogP contribution in [0.3, 0.4) is 0 Å². The van der Waals surface area contributed by atoms with Gasteiger partial charge in [-0.25, -0.2) is 0 Å². The minimum absolute atomic E-state index is 0.0754. The maximum Gasteiger partial charge on any atom is 0.405 e. The first kappa shape index (κ1) is 18.9. The number of fused-ring (bicyclic) bond motifs is 1. The summed E-state index contributed by atoms with van der Waals surface area (Å²) in [5.74, 6) is -0.687. The molecule has 0 fully saturated rings. The molecule has 138 valence electrons. The molecule has 0 aliphatic carbocycles. The van der Waals surface area contributed by atoms with E-state index in [2.05, 4.69) is 5.32 Å². The van der Waals surface area contributed by atoms with Crippen LogP contribution in [0.2, 0.25) is 0 Å². The van der Waals surface area contributed by atoms with Crippen molar-refractivity contribution in [3.05, 3.63) is 24.3 Å². The number of hydrogen-bond acceptors (Lipinski definition) is 4. The van der Waals surface area contributed by atoms with Crippen molar-refractivity contribution in [1.29, 1.82) is 0 Å². The smallest absolute Gasteiger partial charge is 0.405 e.